The van der Waals surface area contributed by atoms with Crippen LogP contribution in [0.15, 0.2) is 0 Å². The molecule has 0 spiro atoms. The zero-order chi connectivity index (χ0) is 9.56. The van der Waals surface area contributed by atoms with E-state index in [4.69, 9.17) is 5.73 Å². The number of nitrogens with two attached hydrogens (primary N) is 1. The Morgan fingerprint density at radius 3 is 2.42 bits per heavy atom. The van der Waals surface area contributed by atoms with E-state index in [0.717, 1.165) is 19.4 Å². The largest absolute Gasteiger partial charge is 0.356 e. The number of amides is 1. The molecular formula is C9H20N2O. The van der Waals surface area contributed by atoms with E-state index in [9.17, 15) is 4.79 Å². The van der Waals surface area contributed by atoms with Gasteiger partial charge in [-0.05, 0) is 19.8 Å². The Morgan fingerprint density at radius 2 is 2.00 bits per heavy atom. The summed E-state index contributed by atoms with van der Waals surface area (Å²) >= 11 is 0. The molecule has 1 atom stereocenters. The van der Waals surface area contributed by atoms with E-state index in [1.54, 1.807) is 0 Å². The molecule has 72 valence electrons. The van der Waals surface area contributed by atoms with Crippen molar-refractivity contribution in [2.75, 3.05) is 6.54 Å². The van der Waals surface area contributed by atoms with E-state index in [1.165, 1.54) is 0 Å². The van der Waals surface area contributed by atoms with E-state index in [1.807, 2.05) is 20.8 Å². The molecule has 0 aliphatic heterocycles. The SMILES string of the molecule is CC(N)CCCNC(=O)C(C)C. The summed E-state index contributed by atoms with van der Waals surface area (Å²) in [6.07, 6.45) is 1.94. The lowest BCUT2D eigenvalue weighted by molar-refractivity contribution is -0.123. The third-order valence-corrected chi connectivity index (χ3v) is 1.66. The molecule has 0 radical (unpaired) electrons. The second-order valence-corrected chi connectivity index (χ2v) is 3.57. The zero-order valence-corrected chi connectivity index (χ0v) is 8.26. The highest BCUT2D eigenvalue weighted by Crippen LogP contribution is 1.93. The first kappa shape index (κ1) is 11.4. The van der Waals surface area contributed by atoms with Crippen LogP contribution in [-0.4, -0.2) is 18.5 Å². The fourth-order valence-electron chi connectivity index (χ4n) is 0.840. The Hall–Kier alpha value is -0.570. The van der Waals surface area contributed by atoms with Crippen LogP contribution in [0.5, 0.6) is 0 Å². The maximum absolute atomic E-state index is 11.0. The number of carbonyl (C=O) groups excluding carboxylic acids is 1. The average Bonchev–Trinajstić information content (AvgIpc) is 1.97. The molecule has 12 heavy (non-hydrogen) atoms. The van der Waals surface area contributed by atoms with Crippen molar-refractivity contribution in [3.8, 4) is 0 Å². The molecule has 3 N–H and O–H groups in total. The highest BCUT2D eigenvalue weighted by Gasteiger charge is 2.04. The van der Waals surface area contributed by atoms with Crippen molar-refractivity contribution in [1.29, 1.82) is 0 Å². The van der Waals surface area contributed by atoms with Crippen LogP contribution < -0.4 is 11.1 Å². The quantitative estimate of drug-likeness (QED) is 0.605. The fourth-order valence-corrected chi connectivity index (χ4v) is 0.840. The molecule has 0 fully saturated rings. The number of hydrogen-bond acceptors (Lipinski definition) is 2. The summed E-state index contributed by atoms with van der Waals surface area (Å²) in [6, 6.07) is 0.237. The first-order valence-corrected chi connectivity index (χ1v) is 4.57. The van der Waals surface area contributed by atoms with Gasteiger partial charge in [0.15, 0.2) is 0 Å². The van der Waals surface area contributed by atoms with Gasteiger partial charge in [0, 0.05) is 18.5 Å². The highest BCUT2D eigenvalue weighted by atomic mass is 16.1. The predicted molar refractivity (Wildman–Crippen MR) is 50.7 cm³/mol. The van der Waals surface area contributed by atoms with Crippen molar-refractivity contribution < 1.29 is 4.79 Å². The van der Waals surface area contributed by atoms with Crippen LogP contribution in [0.25, 0.3) is 0 Å². The van der Waals surface area contributed by atoms with Gasteiger partial charge in [-0.15, -0.1) is 0 Å². The first-order valence-electron chi connectivity index (χ1n) is 4.57. The van der Waals surface area contributed by atoms with Crippen molar-refractivity contribution in [2.24, 2.45) is 11.7 Å². The maximum Gasteiger partial charge on any atom is 0.222 e. The third-order valence-electron chi connectivity index (χ3n) is 1.66. The molecule has 0 aromatic heterocycles. The Labute approximate surface area is 74.7 Å². The van der Waals surface area contributed by atoms with Gasteiger partial charge < -0.3 is 11.1 Å². The summed E-state index contributed by atoms with van der Waals surface area (Å²) in [7, 11) is 0. The lowest BCUT2D eigenvalue weighted by atomic mass is 10.2. The van der Waals surface area contributed by atoms with Gasteiger partial charge in [0.05, 0.1) is 0 Å². The maximum atomic E-state index is 11.0. The van der Waals surface area contributed by atoms with Crippen LogP contribution in [0.4, 0.5) is 0 Å². The molecule has 0 aromatic rings. The van der Waals surface area contributed by atoms with Gasteiger partial charge in [0.25, 0.3) is 0 Å². The third kappa shape index (κ3) is 6.16. The van der Waals surface area contributed by atoms with E-state index in [-0.39, 0.29) is 17.9 Å². The molecule has 0 saturated heterocycles. The summed E-state index contributed by atoms with van der Waals surface area (Å²) in [4.78, 5) is 11.0. The fraction of sp³-hybridized carbons (Fsp3) is 0.889. The molecule has 0 rings (SSSR count). The minimum Gasteiger partial charge on any atom is -0.356 e. The number of rotatable bonds is 5. The van der Waals surface area contributed by atoms with Crippen LogP contribution in [0.1, 0.15) is 33.6 Å². The van der Waals surface area contributed by atoms with Crippen molar-refractivity contribution in [3.05, 3.63) is 0 Å². The van der Waals surface area contributed by atoms with E-state index in [2.05, 4.69) is 5.32 Å². The monoisotopic (exact) mass is 172 g/mol. The normalized spacial score (nSPS) is 13.1. The molecule has 0 aliphatic rings. The Morgan fingerprint density at radius 1 is 1.42 bits per heavy atom. The van der Waals surface area contributed by atoms with Gasteiger partial charge in [0.2, 0.25) is 5.91 Å². The topological polar surface area (TPSA) is 55.1 Å². The van der Waals surface area contributed by atoms with Crippen LogP contribution in [0.3, 0.4) is 0 Å². The lowest BCUT2D eigenvalue weighted by Gasteiger charge is -2.08. The minimum absolute atomic E-state index is 0.0836. The molecule has 1 unspecified atom stereocenters. The number of nitrogens with one attached hydrogen (secondary N) is 1. The summed E-state index contributed by atoms with van der Waals surface area (Å²) in [5.41, 5.74) is 5.56. The Bertz CT molecular complexity index is 132. The highest BCUT2D eigenvalue weighted by molar-refractivity contribution is 5.77. The molecule has 0 aromatic carbocycles. The van der Waals surface area contributed by atoms with Crippen molar-refractivity contribution in [1.82, 2.24) is 5.32 Å². The second-order valence-electron chi connectivity index (χ2n) is 3.57. The van der Waals surface area contributed by atoms with Crippen LogP contribution >= 0.6 is 0 Å². The zero-order valence-electron chi connectivity index (χ0n) is 8.26. The second kappa shape index (κ2) is 6.00. The summed E-state index contributed by atoms with van der Waals surface area (Å²) in [6.45, 7) is 6.50. The average molecular weight is 172 g/mol. The Kier molecular flexibility index (Phi) is 5.72. The Balaban J connectivity index is 3.26. The van der Waals surface area contributed by atoms with Gasteiger partial charge in [-0.3, -0.25) is 4.79 Å². The smallest absolute Gasteiger partial charge is 0.222 e. The van der Waals surface area contributed by atoms with Crippen molar-refractivity contribution >= 4 is 5.91 Å². The van der Waals surface area contributed by atoms with Crippen LogP contribution in [0.2, 0.25) is 0 Å². The molecular weight excluding hydrogens is 152 g/mol. The van der Waals surface area contributed by atoms with Crippen LogP contribution in [-0.2, 0) is 4.79 Å². The van der Waals surface area contributed by atoms with Gasteiger partial charge in [-0.25, -0.2) is 0 Å². The van der Waals surface area contributed by atoms with Crippen molar-refractivity contribution in [3.63, 3.8) is 0 Å². The molecule has 3 nitrogen and oxygen atoms in total. The standard InChI is InChI=1S/C9H20N2O/c1-7(2)9(12)11-6-4-5-8(3)10/h7-8H,4-6,10H2,1-3H3,(H,11,12). The summed E-state index contributed by atoms with van der Waals surface area (Å²) in [5, 5.41) is 2.84. The van der Waals surface area contributed by atoms with Gasteiger partial charge in [-0.2, -0.15) is 0 Å². The molecule has 0 aliphatic carbocycles. The predicted octanol–water partition coefficient (Wildman–Crippen LogP) is 0.886. The lowest BCUT2D eigenvalue weighted by Crippen LogP contribution is -2.29. The van der Waals surface area contributed by atoms with Gasteiger partial charge >= 0.3 is 0 Å². The molecule has 3 heteroatoms. The van der Waals surface area contributed by atoms with E-state index < -0.39 is 0 Å². The number of hydrogen-bond donors (Lipinski definition) is 2. The van der Waals surface area contributed by atoms with Crippen LogP contribution in [0, 0.1) is 5.92 Å². The summed E-state index contributed by atoms with van der Waals surface area (Å²) in [5.74, 6) is 0.208. The van der Waals surface area contributed by atoms with Gasteiger partial charge in [0.1, 0.15) is 0 Å². The first-order chi connectivity index (χ1) is 5.54. The van der Waals surface area contributed by atoms with E-state index in [0.29, 0.717) is 0 Å². The summed E-state index contributed by atoms with van der Waals surface area (Å²) < 4.78 is 0. The number of carbonyl (C=O) groups is 1. The van der Waals surface area contributed by atoms with E-state index >= 15 is 0 Å². The van der Waals surface area contributed by atoms with Crippen molar-refractivity contribution in [2.45, 2.75) is 39.7 Å². The molecule has 1 amide bonds. The van der Waals surface area contributed by atoms with Gasteiger partial charge in [-0.1, -0.05) is 13.8 Å². The molecule has 0 heterocycles. The minimum atomic E-state index is 0.0836. The molecule has 0 bridgehead atoms. The molecule has 0 saturated carbocycles.